The number of nitrogens with zero attached hydrogens (tertiary/aromatic N) is 1. The molecule has 9 rings (SSSR count). The van der Waals surface area contributed by atoms with E-state index in [1.165, 1.54) is 44.8 Å². The molecule has 2 heterocycles. The second-order valence-corrected chi connectivity index (χ2v) is 13.4. The molecule has 0 bridgehead atoms. The summed E-state index contributed by atoms with van der Waals surface area (Å²) >= 11 is 0. The smallest absolute Gasteiger partial charge is 0.143 e. The number of anilines is 3. The molecule has 0 fully saturated rings. The second kappa shape index (κ2) is 8.74. The Bertz CT molecular complexity index is 2280. The minimum Gasteiger partial charge on any atom is -0.455 e. The lowest BCUT2D eigenvalue weighted by atomic mass is 9.72. The maximum atomic E-state index is 6.38. The van der Waals surface area contributed by atoms with Gasteiger partial charge in [0.25, 0.3) is 0 Å². The first-order chi connectivity index (χ1) is 21.3. The van der Waals surface area contributed by atoms with Gasteiger partial charge in [0, 0.05) is 32.9 Å². The number of para-hydroxylation sites is 3. The van der Waals surface area contributed by atoms with Crippen LogP contribution in [0.3, 0.4) is 0 Å². The van der Waals surface area contributed by atoms with Crippen molar-refractivity contribution in [2.75, 3.05) is 4.90 Å². The molecule has 1 aromatic heterocycles. The molecule has 0 spiro atoms. The van der Waals surface area contributed by atoms with Crippen LogP contribution in [0.5, 0.6) is 0 Å². The fourth-order valence-electron chi connectivity index (χ4n) is 7.94. The van der Waals surface area contributed by atoms with Gasteiger partial charge in [-0.1, -0.05) is 119 Å². The lowest BCUT2D eigenvalue weighted by Gasteiger charge is -2.43. The van der Waals surface area contributed by atoms with Crippen molar-refractivity contribution in [3.8, 4) is 22.3 Å². The summed E-state index contributed by atoms with van der Waals surface area (Å²) in [4.78, 5) is 2.47. The molecule has 7 aromatic rings. The zero-order chi connectivity index (χ0) is 29.8. The van der Waals surface area contributed by atoms with Gasteiger partial charge >= 0.3 is 0 Å². The minimum atomic E-state index is -0.143. The molecule has 2 heteroatoms. The molecule has 2 nitrogen and oxygen atoms in total. The molecule has 2 aliphatic rings. The highest BCUT2D eigenvalue weighted by molar-refractivity contribution is 6.09. The number of furan rings is 1. The van der Waals surface area contributed by atoms with E-state index in [-0.39, 0.29) is 10.8 Å². The van der Waals surface area contributed by atoms with E-state index in [0.717, 1.165) is 38.8 Å². The van der Waals surface area contributed by atoms with Crippen LogP contribution >= 0.6 is 0 Å². The third kappa shape index (κ3) is 3.31. The van der Waals surface area contributed by atoms with Gasteiger partial charge < -0.3 is 9.32 Å². The molecule has 44 heavy (non-hydrogen) atoms. The summed E-state index contributed by atoms with van der Waals surface area (Å²) in [7, 11) is 0. The maximum absolute atomic E-state index is 6.38. The Morgan fingerprint density at radius 2 is 1.14 bits per heavy atom. The van der Waals surface area contributed by atoms with Crippen molar-refractivity contribution in [1.82, 2.24) is 0 Å². The molecular weight excluding hydrogens is 534 g/mol. The molecule has 212 valence electrons. The SMILES string of the molecule is CC1(C)c2ccccc2-c2cc3c(cc21)N(c1ccc(-c2cccc4c2oc2ccccc24)cc1)c1ccccc1C3(C)C. The first-order valence-corrected chi connectivity index (χ1v) is 15.5. The highest BCUT2D eigenvalue weighted by atomic mass is 16.3. The number of hydrogen-bond acceptors (Lipinski definition) is 2. The van der Waals surface area contributed by atoms with Crippen LogP contribution in [-0.2, 0) is 10.8 Å². The van der Waals surface area contributed by atoms with E-state index < -0.39 is 0 Å². The predicted octanol–water partition coefficient (Wildman–Crippen LogP) is 11.7. The molecule has 1 aliphatic heterocycles. The molecule has 0 amide bonds. The van der Waals surface area contributed by atoms with Crippen molar-refractivity contribution in [1.29, 1.82) is 0 Å². The largest absolute Gasteiger partial charge is 0.455 e. The summed E-state index contributed by atoms with van der Waals surface area (Å²) in [5, 5.41) is 2.31. The van der Waals surface area contributed by atoms with Gasteiger partial charge in [-0.2, -0.15) is 0 Å². The van der Waals surface area contributed by atoms with Gasteiger partial charge in [0.1, 0.15) is 11.2 Å². The molecule has 0 N–H and O–H groups in total. The fraction of sp³-hybridized carbons (Fsp3) is 0.143. The number of hydrogen-bond donors (Lipinski definition) is 0. The van der Waals surface area contributed by atoms with E-state index in [1.54, 1.807) is 0 Å². The molecule has 1 aliphatic carbocycles. The van der Waals surface area contributed by atoms with Gasteiger partial charge in [-0.3, -0.25) is 0 Å². The zero-order valence-electron chi connectivity index (χ0n) is 25.5. The van der Waals surface area contributed by atoms with E-state index in [9.17, 15) is 0 Å². The van der Waals surface area contributed by atoms with Crippen LogP contribution in [0.4, 0.5) is 17.1 Å². The first kappa shape index (κ1) is 25.4. The maximum Gasteiger partial charge on any atom is 0.143 e. The molecular formula is C42H33NO. The van der Waals surface area contributed by atoms with E-state index >= 15 is 0 Å². The van der Waals surface area contributed by atoms with Crippen molar-refractivity contribution < 1.29 is 4.42 Å². The van der Waals surface area contributed by atoms with Gasteiger partial charge in [0.05, 0.1) is 11.4 Å². The summed E-state index contributed by atoms with van der Waals surface area (Å²) in [6.07, 6.45) is 0. The van der Waals surface area contributed by atoms with Crippen LogP contribution in [0, 0.1) is 0 Å². The molecule has 0 saturated heterocycles. The fourth-order valence-corrected chi connectivity index (χ4v) is 7.94. The van der Waals surface area contributed by atoms with Gasteiger partial charge in [0.15, 0.2) is 0 Å². The third-order valence-corrected chi connectivity index (χ3v) is 10.3. The predicted molar refractivity (Wildman–Crippen MR) is 184 cm³/mol. The van der Waals surface area contributed by atoms with E-state index in [0.29, 0.717) is 0 Å². The van der Waals surface area contributed by atoms with Crippen molar-refractivity contribution in [2.45, 2.75) is 38.5 Å². The average molecular weight is 568 g/mol. The Morgan fingerprint density at radius 1 is 0.477 bits per heavy atom. The normalized spacial score (nSPS) is 15.6. The van der Waals surface area contributed by atoms with Crippen LogP contribution in [0.15, 0.2) is 132 Å². The van der Waals surface area contributed by atoms with Gasteiger partial charge in [0.2, 0.25) is 0 Å². The highest BCUT2D eigenvalue weighted by Crippen LogP contribution is 2.57. The highest BCUT2D eigenvalue weighted by Gasteiger charge is 2.42. The van der Waals surface area contributed by atoms with Crippen molar-refractivity contribution in [3.63, 3.8) is 0 Å². The van der Waals surface area contributed by atoms with E-state index in [4.69, 9.17) is 4.42 Å². The quantitative estimate of drug-likeness (QED) is 0.207. The Labute approximate surface area is 258 Å². The summed E-state index contributed by atoms with van der Waals surface area (Å²) < 4.78 is 6.38. The Hall–Kier alpha value is -5.08. The first-order valence-electron chi connectivity index (χ1n) is 15.5. The van der Waals surface area contributed by atoms with Gasteiger partial charge in [-0.05, 0) is 75.3 Å². The van der Waals surface area contributed by atoms with Crippen molar-refractivity contribution in [2.24, 2.45) is 0 Å². The van der Waals surface area contributed by atoms with Crippen LogP contribution in [0.1, 0.15) is 49.9 Å². The van der Waals surface area contributed by atoms with Crippen LogP contribution in [0.25, 0.3) is 44.2 Å². The van der Waals surface area contributed by atoms with Crippen molar-refractivity contribution in [3.05, 3.63) is 150 Å². The summed E-state index contributed by atoms with van der Waals surface area (Å²) in [6.45, 7) is 9.47. The Balaban J connectivity index is 1.23. The standard InChI is InChI=1S/C42H33NO/c1-41(2)33-16-7-5-12-29(33)32-24-36-38(25-35(32)41)43(37-18-9-8-17-34(37)42(36,3)4)27-22-20-26(21-23-27)28-14-11-15-31-30-13-6-10-19-39(30)44-40(28)31/h5-25H,1-4H3. The van der Waals surface area contributed by atoms with Crippen LogP contribution in [0.2, 0.25) is 0 Å². The Kier molecular flexibility index (Phi) is 5.05. The van der Waals surface area contributed by atoms with E-state index in [2.05, 4.69) is 148 Å². The lowest BCUT2D eigenvalue weighted by molar-refractivity contribution is 0.627. The Morgan fingerprint density at radius 3 is 1.98 bits per heavy atom. The zero-order valence-corrected chi connectivity index (χ0v) is 25.5. The molecule has 0 unspecified atom stereocenters. The molecule has 6 aromatic carbocycles. The second-order valence-electron chi connectivity index (χ2n) is 13.4. The average Bonchev–Trinajstić information content (AvgIpc) is 3.53. The lowest BCUT2D eigenvalue weighted by Crippen LogP contribution is -2.31. The summed E-state index contributed by atoms with van der Waals surface area (Å²) in [5.41, 5.74) is 15.8. The van der Waals surface area contributed by atoms with Gasteiger partial charge in [-0.15, -0.1) is 0 Å². The van der Waals surface area contributed by atoms with E-state index in [1.807, 2.05) is 12.1 Å². The molecule has 0 atom stereocenters. The molecule has 0 radical (unpaired) electrons. The molecule has 0 saturated carbocycles. The van der Waals surface area contributed by atoms with Gasteiger partial charge in [-0.25, -0.2) is 0 Å². The number of benzene rings is 6. The third-order valence-electron chi connectivity index (χ3n) is 10.3. The van der Waals surface area contributed by atoms with Crippen LogP contribution in [-0.4, -0.2) is 0 Å². The summed E-state index contributed by atoms with van der Waals surface area (Å²) in [5.74, 6) is 0. The van der Waals surface area contributed by atoms with Crippen molar-refractivity contribution >= 4 is 39.0 Å². The minimum absolute atomic E-state index is 0.0666. The monoisotopic (exact) mass is 567 g/mol. The van der Waals surface area contributed by atoms with Crippen LogP contribution < -0.4 is 4.90 Å². The number of fused-ring (bicyclic) bond motifs is 8. The topological polar surface area (TPSA) is 16.4 Å². The summed E-state index contributed by atoms with van der Waals surface area (Å²) in [6, 6.07) is 46.6. The number of rotatable bonds is 2.